The van der Waals surface area contributed by atoms with E-state index in [0.29, 0.717) is 36.7 Å². The average Bonchev–Trinajstić information content (AvgIpc) is 3.24. The maximum absolute atomic E-state index is 13.2. The molecule has 164 valence electrons. The molecule has 0 N–H and O–H groups in total. The Balaban J connectivity index is 1.44. The summed E-state index contributed by atoms with van der Waals surface area (Å²) in [6.45, 7) is 3.43. The van der Waals surface area contributed by atoms with Crippen molar-refractivity contribution in [1.29, 1.82) is 0 Å². The largest absolute Gasteiger partial charge is 0.495 e. The van der Waals surface area contributed by atoms with E-state index in [1.807, 2.05) is 6.07 Å². The summed E-state index contributed by atoms with van der Waals surface area (Å²) in [6, 6.07) is 13.1. The predicted octanol–water partition coefficient (Wildman–Crippen LogP) is 5.15. The predicted molar refractivity (Wildman–Crippen MR) is 127 cm³/mol. The van der Waals surface area contributed by atoms with Gasteiger partial charge in [-0.15, -0.1) is 11.3 Å². The Morgan fingerprint density at radius 3 is 2.65 bits per heavy atom. The van der Waals surface area contributed by atoms with Crippen LogP contribution in [0.25, 0.3) is 0 Å². The van der Waals surface area contributed by atoms with Crippen LogP contribution in [0.2, 0.25) is 5.02 Å². The molecule has 2 heterocycles. The standard InChI is InChI=1S/C23H25ClN2O3S2/c1-16-5-3-4-6-17(16)13-19-15-30-23(25-19)26-11-9-20(10-12-26)31(27,28)22-14-18(24)7-8-21(22)29-2/h3-8,14-15,20H,9-13H2,1-2H3. The van der Waals surface area contributed by atoms with Crippen molar-refractivity contribution < 1.29 is 13.2 Å². The summed E-state index contributed by atoms with van der Waals surface area (Å²) in [7, 11) is -2.05. The number of nitrogens with zero attached hydrogens (tertiary/aromatic N) is 2. The van der Waals surface area contributed by atoms with Gasteiger partial charge in [0.15, 0.2) is 15.0 Å². The van der Waals surface area contributed by atoms with Gasteiger partial charge in [0.1, 0.15) is 10.6 Å². The third-order valence-electron chi connectivity index (χ3n) is 5.76. The molecule has 4 rings (SSSR count). The molecular formula is C23H25ClN2O3S2. The van der Waals surface area contributed by atoms with Crippen molar-refractivity contribution in [3.8, 4) is 5.75 Å². The lowest BCUT2D eigenvalue weighted by Crippen LogP contribution is -2.39. The van der Waals surface area contributed by atoms with Crippen LogP contribution in [0.5, 0.6) is 5.75 Å². The van der Waals surface area contributed by atoms with Gasteiger partial charge in [0.2, 0.25) is 0 Å². The lowest BCUT2D eigenvalue weighted by atomic mass is 10.1. The molecule has 31 heavy (non-hydrogen) atoms. The number of thiazole rings is 1. The van der Waals surface area contributed by atoms with Crippen molar-refractivity contribution >= 4 is 37.9 Å². The number of aryl methyl sites for hydroxylation is 1. The fourth-order valence-corrected chi connectivity index (χ4v) is 6.97. The van der Waals surface area contributed by atoms with E-state index < -0.39 is 15.1 Å². The van der Waals surface area contributed by atoms with Crippen LogP contribution in [0, 0.1) is 6.92 Å². The van der Waals surface area contributed by atoms with Crippen LogP contribution in [0.15, 0.2) is 52.7 Å². The first kappa shape index (κ1) is 22.1. The van der Waals surface area contributed by atoms with E-state index in [4.69, 9.17) is 21.3 Å². The first-order valence-corrected chi connectivity index (χ1v) is 13.0. The van der Waals surface area contributed by atoms with Crippen LogP contribution in [0.1, 0.15) is 29.7 Å². The third kappa shape index (κ3) is 4.73. The number of aromatic nitrogens is 1. The molecule has 0 amide bonds. The van der Waals surface area contributed by atoms with Gasteiger partial charge < -0.3 is 9.64 Å². The zero-order valence-corrected chi connectivity index (χ0v) is 19.9. The van der Waals surface area contributed by atoms with Gasteiger partial charge in [-0.25, -0.2) is 13.4 Å². The van der Waals surface area contributed by atoms with Gasteiger partial charge in [-0.3, -0.25) is 0 Å². The number of anilines is 1. The Labute approximate surface area is 192 Å². The Bertz CT molecular complexity index is 1170. The molecule has 0 atom stereocenters. The Morgan fingerprint density at radius 2 is 1.94 bits per heavy atom. The molecule has 0 spiro atoms. The molecule has 8 heteroatoms. The minimum Gasteiger partial charge on any atom is -0.495 e. The molecular weight excluding hydrogens is 452 g/mol. The first-order valence-electron chi connectivity index (χ1n) is 10.2. The zero-order chi connectivity index (χ0) is 22.0. The zero-order valence-electron chi connectivity index (χ0n) is 17.5. The van der Waals surface area contributed by atoms with Crippen LogP contribution in [0.3, 0.4) is 0 Å². The van der Waals surface area contributed by atoms with Crippen LogP contribution in [-0.2, 0) is 16.3 Å². The van der Waals surface area contributed by atoms with E-state index in [0.717, 1.165) is 17.2 Å². The fourth-order valence-electron chi connectivity index (χ4n) is 3.94. The molecule has 0 bridgehead atoms. The second kappa shape index (κ2) is 9.18. The van der Waals surface area contributed by atoms with Gasteiger partial charge in [-0.1, -0.05) is 35.9 Å². The number of halogens is 1. The summed E-state index contributed by atoms with van der Waals surface area (Å²) in [5.41, 5.74) is 3.59. The number of piperidine rings is 1. The molecule has 3 aromatic rings. The highest BCUT2D eigenvalue weighted by Crippen LogP contribution is 2.34. The molecule has 1 aromatic heterocycles. The molecule has 0 unspecified atom stereocenters. The Hall–Kier alpha value is -2.09. The minimum absolute atomic E-state index is 0.177. The number of benzene rings is 2. The third-order valence-corrected chi connectivity index (χ3v) is 9.22. The second-order valence-electron chi connectivity index (χ2n) is 7.75. The lowest BCUT2D eigenvalue weighted by Gasteiger charge is -2.31. The van der Waals surface area contributed by atoms with Crippen molar-refractivity contribution in [2.45, 2.75) is 36.3 Å². The summed E-state index contributed by atoms with van der Waals surface area (Å²) >= 11 is 7.68. The normalized spacial score (nSPS) is 15.3. The van der Waals surface area contributed by atoms with Crippen molar-refractivity contribution in [2.24, 2.45) is 0 Å². The monoisotopic (exact) mass is 476 g/mol. The van der Waals surface area contributed by atoms with Gasteiger partial charge in [0.25, 0.3) is 0 Å². The number of hydrogen-bond acceptors (Lipinski definition) is 6. The first-order chi connectivity index (χ1) is 14.9. The van der Waals surface area contributed by atoms with Crippen LogP contribution >= 0.6 is 22.9 Å². The van der Waals surface area contributed by atoms with Gasteiger partial charge in [0, 0.05) is 29.9 Å². The SMILES string of the molecule is COc1ccc(Cl)cc1S(=O)(=O)C1CCN(c2nc(Cc3ccccc3C)cs2)CC1. The van der Waals surface area contributed by atoms with E-state index in [1.54, 1.807) is 23.5 Å². The van der Waals surface area contributed by atoms with Gasteiger partial charge in [-0.05, 0) is 49.1 Å². The fraction of sp³-hybridized carbons (Fsp3) is 0.348. The van der Waals surface area contributed by atoms with Crippen LogP contribution in [0.4, 0.5) is 5.13 Å². The number of hydrogen-bond donors (Lipinski definition) is 0. The van der Waals surface area contributed by atoms with Crippen LogP contribution in [-0.4, -0.2) is 38.9 Å². The van der Waals surface area contributed by atoms with E-state index in [-0.39, 0.29) is 4.90 Å². The van der Waals surface area contributed by atoms with Gasteiger partial charge in [-0.2, -0.15) is 0 Å². The van der Waals surface area contributed by atoms with Crippen molar-refractivity contribution in [3.05, 3.63) is 69.7 Å². The van der Waals surface area contributed by atoms with Crippen molar-refractivity contribution in [3.63, 3.8) is 0 Å². The molecule has 1 fully saturated rings. The Morgan fingerprint density at radius 1 is 1.19 bits per heavy atom. The molecule has 0 radical (unpaired) electrons. The van der Waals surface area contributed by atoms with E-state index in [2.05, 4.69) is 35.4 Å². The molecule has 0 saturated carbocycles. The molecule has 5 nitrogen and oxygen atoms in total. The average molecular weight is 477 g/mol. The van der Waals surface area contributed by atoms with Gasteiger partial charge >= 0.3 is 0 Å². The lowest BCUT2D eigenvalue weighted by molar-refractivity contribution is 0.402. The summed E-state index contributed by atoms with van der Waals surface area (Å²) in [5.74, 6) is 0.340. The molecule has 1 aliphatic rings. The van der Waals surface area contributed by atoms with E-state index >= 15 is 0 Å². The number of sulfone groups is 1. The maximum atomic E-state index is 13.2. The van der Waals surface area contributed by atoms with Crippen molar-refractivity contribution in [2.75, 3.05) is 25.1 Å². The smallest absolute Gasteiger partial charge is 0.185 e. The second-order valence-corrected chi connectivity index (χ2v) is 11.2. The highest BCUT2D eigenvalue weighted by Gasteiger charge is 2.34. The highest BCUT2D eigenvalue weighted by atomic mass is 35.5. The number of methoxy groups -OCH3 is 1. The summed E-state index contributed by atoms with van der Waals surface area (Å²) in [6.07, 6.45) is 1.90. The molecule has 1 saturated heterocycles. The highest BCUT2D eigenvalue weighted by molar-refractivity contribution is 7.92. The summed E-state index contributed by atoms with van der Waals surface area (Å²) in [4.78, 5) is 7.18. The quantitative estimate of drug-likeness (QED) is 0.492. The minimum atomic E-state index is -3.53. The number of rotatable bonds is 6. The summed E-state index contributed by atoms with van der Waals surface area (Å²) in [5, 5.41) is 2.99. The van der Waals surface area contributed by atoms with Crippen molar-refractivity contribution in [1.82, 2.24) is 4.98 Å². The van der Waals surface area contributed by atoms with Crippen LogP contribution < -0.4 is 9.64 Å². The summed E-state index contributed by atoms with van der Waals surface area (Å²) < 4.78 is 31.7. The van der Waals surface area contributed by atoms with E-state index in [1.165, 1.54) is 24.3 Å². The maximum Gasteiger partial charge on any atom is 0.185 e. The topological polar surface area (TPSA) is 59.5 Å². The van der Waals surface area contributed by atoms with E-state index in [9.17, 15) is 8.42 Å². The number of ether oxygens (including phenoxy) is 1. The molecule has 1 aliphatic heterocycles. The van der Waals surface area contributed by atoms with Gasteiger partial charge in [0.05, 0.1) is 18.1 Å². The molecule has 0 aliphatic carbocycles. The molecule has 2 aromatic carbocycles. The Kier molecular flexibility index (Phi) is 6.55.